The lowest BCUT2D eigenvalue weighted by Crippen LogP contribution is -2.27. The Kier molecular flexibility index (Phi) is 5.54. The molecule has 1 aliphatic heterocycles. The highest BCUT2D eigenvalue weighted by Gasteiger charge is 2.61. The third-order valence-electron chi connectivity index (χ3n) is 6.80. The van der Waals surface area contributed by atoms with Crippen molar-refractivity contribution < 1.29 is 19.4 Å². The van der Waals surface area contributed by atoms with Crippen LogP contribution in [0.2, 0.25) is 0 Å². The second-order valence-corrected chi connectivity index (χ2v) is 8.86. The highest BCUT2D eigenvalue weighted by atomic mass is 16.5. The average Bonchev–Trinajstić information content (AvgIpc) is 3.28. The van der Waals surface area contributed by atoms with Gasteiger partial charge in [-0.25, -0.2) is 4.68 Å². The quantitative estimate of drug-likeness (QED) is 0.558. The molecule has 5 rings (SSSR count). The Morgan fingerprint density at radius 3 is 2.94 bits per heavy atom. The largest absolute Gasteiger partial charge is 0.493 e. The molecule has 1 aliphatic carbocycles. The second-order valence-electron chi connectivity index (χ2n) is 8.86. The first kappa shape index (κ1) is 21.7. The SMILES string of the molecule is N#Cc1ccc(CCCC(=O)O)c(NC(=O)[C@@H]2CC23CCOc2ccc(-n4cccn4)cc23)c1. The topological polar surface area (TPSA) is 117 Å². The third kappa shape index (κ3) is 4.01. The Balaban J connectivity index is 1.38. The van der Waals surface area contributed by atoms with Gasteiger partial charge in [0.1, 0.15) is 5.75 Å². The van der Waals surface area contributed by atoms with E-state index in [0.29, 0.717) is 30.7 Å². The van der Waals surface area contributed by atoms with Crippen LogP contribution in [0.3, 0.4) is 0 Å². The summed E-state index contributed by atoms with van der Waals surface area (Å²) in [5.41, 5.74) is 3.52. The minimum atomic E-state index is -0.855. The van der Waals surface area contributed by atoms with E-state index in [-0.39, 0.29) is 23.7 Å². The number of nitrogens with zero attached hydrogens (tertiary/aromatic N) is 3. The number of aromatic nitrogens is 2. The predicted molar refractivity (Wildman–Crippen MR) is 124 cm³/mol. The number of anilines is 1. The molecule has 2 aliphatic rings. The number of fused-ring (bicyclic) bond motifs is 2. The van der Waals surface area contributed by atoms with E-state index < -0.39 is 5.97 Å². The van der Waals surface area contributed by atoms with E-state index in [1.165, 1.54) is 0 Å². The van der Waals surface area contributed by atoms with Gasteiger partial charge < -0.3 is 15.2 Å². The lowest BCUT2D eigenvalue weighted by Gasteiger charge is -2.27. The molecule has 2 heterocycles. The summed E-state index contributed by atoms with van der Waals surface area (Å²) in [6.07, 6.45) is 6.10. The van der Waals surface area contributed by atoms with Crippen LogP contribution in [0, 0.1) is 17.2 Å². The molecular formula is C26H24N4O4. The number of rotatable bonds is 7. The van der Waals surface area contributed by atoms with Crippen molar-refractivity contribution in [2.75, 3.05) is 11.9 Å². The summed E-state index contributed by atoms with van der Waals surface area (Å²) in [5, 5.41) is 25.6. The summed E-state index contributed by atoms with van der Waals surface area (Å²) >= 11 is 0. The minimum absolute atomic E-state index is 0.0501. The van der Waals surface area contributed by atoms with Crippen LogP contribution in [0.1, 0.15) is 42.4 Å². The van der Waals surface area contributed by atoms with Crippen molar-refractivity contribution in [3.05, 3.63) is 71.5 Å². The second kappa shape index (κ2) is 8.67. The van der Waals surface area contributed by atoms with Crippen molar-refractivity contribution in [3.63, 3.8) is 0 Å². The van der Waals surface area contributed by atoms with E-state index in [4.69, 9.17) is 9.84 Å². The molecule has 3 aromatic rings. The van der Waals surface area contributed by atoms with Gasteiger partial charge in [0.2, 0.25) is 5.91 Å². The standard InChI is InChI=1S/C26H24N4O4/c27-16-17-5-6-18(3-1-4-24(31)32)22(13-17)29-25(33)21-15-26(21)9-12-34-23-8-7-19(14-20(23)26)30-11-2-10-28-30/h2,5-8,10-11,13-14,21H,1,3-4,9,12,15H2,(H,29,33)(H,31,32)/t21-,26?/m0/s1. The van der Waals surface area contributed by atoms with E-state index in [0.717, 1.165) is 35.4 Å². The average molecular weight is 457 g/mol. The first-order valence-corrected chi connectivity index (χ1v) is 11.3. The van der Waals surface area contributed by atoms with Crippen molar-refractivity contribution in [3.8, 4) is 17.5 Å². The van der Waals surface area contributed by atoms with Gasteiger partial charge in [-0.05, 0) is 67.6 Å². The van der Waals surface area contributed by atoms with Gasteiger partial charge in [0, 0.05) is 41.4 Å². The Bertz CT molecular complexity index is 1290. The van der Waals surface area contributed by atoms with E-state index in [1.807, 2.05) is 24.4 Å². The number of nitriles is 1. The van der Waals surface area contributed by atoms with Crippen molar-refractivity contribution in [1.29, 1.82) is 5.26 Å². The molecule has 8 heteroatoms. The van der Waals surface area contributed by atoms with Gasteiger partial charge in [-0.15, -0.1) is 0 Å². The van der Waals surface area contributed by atoms with Crippen LogP contribution >= 0.6 is 0 Å². The first-order chi connectivity index (χ1) is 16.5. The van der Waals surface area contributed by atoms with Gasteiger partial charge in [-0.1, -0.05) is 6.07 Å². The number of carboxylic acids is 1. The number of nitrogens with one attached hydrogen (secondary N) is 1. The zero-order valence-electron chi connectivity index (χ0n) is 18.5. The van der Waals surface area contributed by atoms with Crippen molar-refractivity contribution in [2.24, 2.45) is 5.92 Å². The van der Waals surface area contributed by atoms with Crippen LogP contribution in [0.25, 0.3) is 5.69 Å². The maximum atomic E-state index is 13.4. The fourth-order valence-corrected chi connectivity index (χ4v) is 4.93. The van der Waals surface area contributed by atoms with Crippen LogP contribution in [-0.2, 0) is 21.4 Å². The summed E-state index contributed by atoms with van der Waals surface area (Å²) in [4.78, 5) is 24.3. The molecule has 2 N–H and O–H groups in total. The summed E-state index contributed by atoms with van der Waals surface area (Å²) in [6.45, 7) is 0.558. The molecule has 1 aromatic heterocycles. The highest BCUT2D eigenvalue weighted by Crippen LogP contribution is 2.61. The maximum Gasteiger partial charge on any atom is 0.303 e. The molecule has 1 spiro atoms. The van der Waals surface area contributed by atoms with Gasteiger partial charge in [0.15, 0.2) is 0 Å². The molecular weight excluding hydrogens is 432 g/mol. The van der Waals surface area contributed by atoms with Gasteiger partial charge >= 0.3 is 5.97 Å². The first-order valence-electron chi connectivity index (χ1n) is 11.3. The zero-order chi connectivity index (χ0) is 23.7. The van der Waals surface area contributed by atoms with E-state index in [9.17, 15) is 14.9 Å². The number of aryl methyl sites for hydroxylation is 1. The van der Waals surface area contributed by atoms with Gasteiger partial charge in [0.05, 0.1) is 23.9 Å². The molecule has 8 nitrogen and oxygen atoms in total. The summed E-state index contributed by atoms with van der Waals surface area (Å²) < 4.78 is 7.67. The van der Waals surface area contributed by atoms with Gasteiger partial charge in [0.25, 0.3) is 0 Å². The van der Waals surface area contributed by atoms with Gasteiger partial charge in [-0.2, -0.15) is 10.4 Å². The predicted octanol–water partition coefficient (Wildman–Crippen LogP) is 3.83. The maximum absolute atomic E-state index is 13.4. The normalized spacial score (nSPS) is 20.1. The number of carboxylic acid groups (broad SMARTS) is 1. The number of carbonyl (C=O) groups is 2. The fourth-order valence-electron chi connectivity index (χ4n) is 4.93. The van der Waals surface area contributed by atoms with Gasteiger partial charge in [-0.3, -0.25) is 9.59 Å². The molecule has 0 saturated heterocycles. The van der Waals surface area contributed by atoms with Crippen LogP contribution in [-0.4, -0.2) is 33.4 Å². The van der Waals surface area contributed by atoms with Crippen LogP contribution in [0.5, 0.6) is 5.75 Å². The summed E-state index contributed by atoms with van der Waals surface area (Å²) in [7, 11) is 0. The van der Waals surface area contributed by atoms with E-state index >= 15 is 0 Å². The third-order valence-corrected chi connectivity index (χ3v) is 6.80. The monoisotopic (exact) mass is 456 g/mol. The molecule has 1 fully saturated rings. The number of amides is 1. The fraction of sp³-hybridized carbons (Fsp3) is 0.308. The smallest absolute Gasteiger partial charge is 0.303 e. The Morgan fingerprint density at radius 1 is 1.29 bits per heavy atom. The highest BCUT2D eigenvalue weighted by molar-refractivity contribution is 5.97. The Morgan fingerprint density at radius 2 is 2.18 bits per heavy atom. The number of benzene rings is 2. The van der Waals surface area contributed by atoms with Crippen molar-refractivity contribution in [2.45, 2.75) is 37.5 Å². The lowest BCUT2D eigenvalue weighted by molar-refractivity contribution is -0.137. The van der Waals surface area contributed by atoms with E-state index in [2.05, 4.69) is 22.6 Å². The Hall–Kier alpha value is -4.12. The van der Waals surface area contributed by atoms with Crippen LogP contribution in [0.15, 0.2) is 54.9 Å². The summed E-state index contributed by atoms with van der Waals surface area (Å²) in [5.74, 6) is -0.349. The molecule has 2 atom stereocenters. The number of carbonyl (C=O) groups excluding carboxylic acids is 1. The molecule has 0 radical (unpaired) electrons. The van der Waals surface area contributed by atoms with Crippen LogP contribution < -0.4 is 10.1 Å². The number of hydrogen-bond donors (Lipinski definition) is 2. The summed E-state index contributed by atoms with van der Waals surface area (Å²) in [6, 6.07) is 15.1. The molecule has 1 unspecified atom stereocenters. The van der Waals surface area contributed by atoms with Crippen molar-refractivity contribution in [1.82, 2.24) is 9.78 Å². The molecule has 1 saturated carbocycles. The number of ether oxygens (including phenoxy) is 1. The van der Waals surface area contributed by atoms with E-state index in [1.54, 1.807) is 29.1 Å². The lowest BCUT2D eigenvalue weighted by atomic mass is 9.87. The van der Waals surface area contributed by atoms with Crippen molar-refractivity contribution >= 4 is 17.6 Å². The van der Waals surface area contributed by atoms with Crippen LogP contribution in [0.4, 0.5) is 5.69 Å². The zero-order valence-corrected chi connectivity index (χ0v) is 18.5. The minimum Gasteiger partial charge on any atom is -0.493 e. The molecule has 2 aromatic carbocycles. The molecule has 1 amide bonds. The molecule has 172 valence electrons. The Labute approximate surface area is 196 Å². The number of hydrogen-bond acceptors (Lipinski definition) is 5. The number of aliphatic carboxylic acids is 1. The molecule has 34 heavy (non-hydrogen) atoms. The molecule has 0 bridgehead atoms.